The molecule has 0 aliphatic carbocycles. The van der Waals surface area contributed by atoms with E-state index in [0.29, 0.717) is 15.6 Å². The van der Waals surface area contributed by atoms with Gasteiger partial charge in [-0.25, -0.2) is 0 Å². The molecule has 2 aromatic carbocycles. The number of phenols is 1. The summed E-state index contributed by atoms with van der Waals surface area (Å²) in [6, 6.07) is 9.92. The molecule has 27 heavy (non-hydrogen) atoms. The lowest BCUT2D eigenvalue weighted by molar-refractivity contribution is -0.119. The van der Waals surface area contributed by atoms with Crippen LogP contribution in [-0.4, -0.2) is 21.9 Å². The number of anilines is 1. The molecule has 1 amide bonds. The zero-order valence-corrected chi connectivity index (χ0v) is 16.1. The first-order chi connectivity index (χ1) is 12.7. The van der Waals surface area contributed by atoms with Crippen molar-refractivity contribution in [2.45, 2.75) is 19.9 Å². The third-order valence-corrected chi connectivity index (χ3v) is 4.87. The highest BCUT2D eigenvalue weighted by Gasteiger charge is 2.45. The minimum atomic E-state index is -0.908. The van der Waals surface area contributed by atoms with Crippen molar-refractivity contribution in [2.75, 3.05) is 4.90 Å². The second kappa shape index (κ2) is 7.25. The molecule has 5 nitrogen and oxygen atoms in total. The van der Waals surface area contributed by atoms with Crippen molar-refractivity contribution in [1.82, 2.24) is 0 Å². The summed E-state index contributed by atoms with van der Waals surface area (Å²) in [7, 11) is 0. The second-order valence-electron chi connectivity index (χ2n) is 6.54. The molecule has 1 aliphatic rings. The van der Waals surface area contributed by atoms with Crippen LogP contribution in [0.25, 0.3) is 0 Å². The number of aromatic hydroxyl groups is 1. The predicted octanol–water partition coefficient (Wildman–Crippen LogP) is 4.82. The van der Waals surface area contributed by atoms with E-state index < -0.39 is 23.6 Å². The van der Waals surface area contributed by atoms with E-state index in [1.807, 2.05) is 0 Å². The zero-order chi connectivity index (χ0) is 19.9. The standard InChI is InChI=1S/C20H17Cl2NO4/c1-10(2)18(25)16-17(11-3-5-12(21)6-4-11)23(20(27)19(16)26)14-9-13(22)7-8-15(14)24/h3-10,17,24,26H,1-2H3. The van der Waals surface area contributed by atoms with Crippen LogP contribution in [0.3, 0.4) is 0 Å². The van der Waals surface area contributed by atoms with Crippen LogP contribution in [-0.2, 0) is 9.59 Å². The number of phenolic OH excluding ortho intramolecular Hbond substituents is 1. The van der Waals surface area contributed by atoms with Gasteiger partial charge in [-0.2, -0.15) is 0 Å². The van der Waals surface area contributed by atoms with Gasteiger partial charge in [0.2, 0.25) is 0 Å². The number of Topliss-reactive ketones (excluding diaryl/α,β-unsaturated/α-hetero) is 1. The largest absolute Gasteiger partial charge is 0.506 e. The van der Waals surface area contributed by atoms with Crippen LogP contribution in [0.15, 0.2) is 53.8 Å². The van der Waals surface area contributed by atoms with Crippen LogP contribution >= 0.6 is 23.2 Å². The van der Waals surface area contributed by atoms with Gasteiger partial charge in [0.15, 0.2) is 11.5 Å². The Labute approximate surface area is 166 Å². The van der Waals surface area contributed by atoms with Gasteiger partial charge in [-0.3, -0.25) is 14.5 Å². The van der Waals surface area contributed by atoms with Crippen molar-refractivity contribution < 1.29 is 19.8 Å². The first kappa shape index (κ1) is 19.3. The number of carbonyl (C=O) groups is 2. The third-order valence-electron chi connectivity index (χ3n) is 4.38. The van der Waals surface area contributed by atoms with Crippen LogP contribution < -0.4 is 4.90 Å². The number of aliphatic hydroxyl groups is 1. The molecule has 2 N–H and O–H groups in total. The fraction of sp³-hybridized carbons (Fsp3) is 0.200. The number of nitrogens with zero attached hydrogens (tertiary/aromatic N) is 1. The highest BCUT2D eigenvalue weighted by atomic mass is 35.5. The van der Waals surface area contributed by atoms with Crippen LogP contribution in [0.1, 0.15) is 25.5 Å². The summed E-state index contributed by atoms with van der Waals surface area (Å²) in [5, 5.41) is 21.6. The van der Waals surface area contributed by atoms with E-state index in [2.05, 4.69) is 0 Å². The molecule has 1 heterocycles. The molecule has 7 heteroatoms. The van der Waals surface area contributed by atoms with E-state index in [1.165, 1.54) is 23.1 Å². The van der Waals surface area contributed by atoms with Crippen molar-refractivity contribution in [2.24, 2.45) is 5.92 Å². The third kappa shape index (κ3) is 3.40. The van der Waals surface area contributed by atoms with Gasteiger partial charge in [-0.1, -0.05) is 49.2 Å². The summed E-state index contributed by atoms with van der Waals surface area (Å²) in [5.74, 6) is -2.40. The van der Waals surface area contributed by atoms with Gasteiger partial charge < -0.3 is 10.2 Å². The molecule has 0 saturated carbocycles. The summed E-state index contributed by atoms with van der Waals surface area (Å²) in [6.07, 6.45) is 0. The normalized spacial score (nSPS) is 17.1. The predicted molar refractivity (Wildman–Crippen MR) is 104 cm³/mol. The SMILES string of the molecule is CC(C)C(=O)C1=C(O)C(=O)N(c2cc(Cl)ccc2O)C1c1ccc(Cl)cc1. The van der Waals surface area contributed by atoms with Crippen LogP contribution in [0, 0.1) is 5.92 Å². The Morgan fingerprint density at radius 2 is 1.63 bits per heavy atom. The van der Waals surface area contributed by atoms with Gasteiger partial charge in [0.1, 0.15) is 5.75 Å². The number of hydrogen-bond acceptors (Lipinski definition) is 4. The van der Waals surface area contributed by atoms with Gasteiger partial charge in [-0.15, -0.1) is 0 Å². The lowest BCUT2D eigenvalue weighted by Gasteiger charge is -2.28. The molecule has 0 saturated heterocycles. The minimum Gasteiger partial charge on any atom is -0.506 e. The van der Waals surface area contributed by atoms with Gasteiger partial charge in [0.05, 0.1) is 17.3 Å². The molecule has 0 bridgehead atoms. The Hall–Kier alpha value is -2.50. The summed E-state index contributed by atoms with van der Waals surface area (Å²) >= 11 is 12.0. The van der Waals surface area contributed by atoms with Crippen LogP contribution in [0.2, 0.25) is 10.0 Å². The topological polar surface area (TPSA) is 77.8 Å². The first-order valence-corrected chi connectivity index (χ1v) is 9.02. The van der Waals surface area contributed by atoms with Crippen molar-refractivity contribution in [3.05, 3.63) is 69.4 Å². The molecule has 1 atom stereocenters. The lowest BCUT2D eigenvalue weighted by atomic mass is 9.91. The lowest BCUT2D eigenvalue weighted by Crippen LogP contribution is -2.31. The van der Waals surface area contributed by atoms with Crippen molar-refractivity contribution >= 4 is 40.6 Å². The van der Waals surface area contributed by atoms with E-state index in [1.54, 1.807) is 38.1 Å². The molecule has 2 aromatic rings. The number of aliphatic hydroxyl groups excluding tert-OH is 1. The van der Waals surface area contributed by atoms with Gasteiger partial charge in [0, 0.05) is 16.0 Å². The Balaban J connectivity index is 2.23. The average molecular weight is 406 g/mol. The highest BCUT2D eigenvalue weighted by molar-refractivity contribution is 6.31. The van der Waals surface area contributed by atoms with Crippen molar-refractivity contribution in [3.63, 3.8) is 0 Å². The highest BCUT2D eigenvalue weighted by Crippen LogP contribution is 2.45. The Morgan fingerprint density at radius 1 is 1.04 bits per heavy atom. The number of ketones is 1. The number of carbonyl (C=O) groups excluding carboxylic acids is 2. The Morgan fingerprint density at radius 3 is 2.22 bits per heavy atom. The number of amides is 1. The van der Waals surface area contributed by atoms with E-state index in [4.69, 9.17) is 23.2 Å². The van der Waals surface area contributed by atoms with Crippen LogP contribution in [0.5, 0.6) is 5.75 Å². The minimum absolute atomic E-state index is 0.0169. The maximum Gasteiger partial charge on any atom is 0.294 e. The van der Waals surface area contributed by atoms with Gasteiger partial charge in [-0.05, 0) is 35.9 Å². The monoisotopic (exact) mass is 405 g/mol. The van der Waals surface area contributed by atoms with E-state index in [-0.39, 0.29) is 22.8 Å². The van der Waals surface area contributed by atoms with Crippen molar-refractivity contribution in [1.29, 1.82) is 0 Å². The summed E-state index contributed by atoms with van der Waals surface area (Å²) in [6.45, 7) is 3.37. The molecule has 3 rings (SSSR count). The summed E-state index contributed by atoms with van der Waals surface area (Å²) < 4.78 is 0. The first-order valence-electron chi connectivity index (χ1n) is 8.27. The zero-order valence-electron chi connectivity index (χ0n) is 14.6. The summed E-state index contributed by atoms with van der Waals surface area (Å²) in [5.41, 5.74) is 0.655. The quantitative estimate of drug-likeness (QED) is 0.763. The molecule has 0 spiro atoms. The molecule has 0 fully saturated rings. The molecule has 140 valence electrons. The number of halogens is 2. The Kier molecular flexibility index (Phi) is 5.18. The maximum absolute atomic E-state index is 12.8. The summed E-state index contributed by atoms with van der Waals surface area (Å²) in [4.78, 5) is 26.8. The van der Waals surface area contributed by atoms with E-state index in [0.717, 1.165) is 0 Å². The average Bonchev–Trinajstić information content (AvgIpc) is 2.88. The van der Waals surface area contributed by atoms with Gasteiger partial charge in [0.25, 0.3) is 5.91 Å². The molecule has 1 unspecified atom stereocenters. The number of benzene rings is 2. The molecule has 0 radical (unpaired) electrons. The molecule has 1 aliphatic heterocycles. The molecule has 0 aromatic heterocycles. The van der Waals surface area contributed by atoms with Crippen molar-refractivity contribution in [3.8, 4) is 5.75 Å². The smallest absolute Gasteiger partial charge is 0.294 e. The molecular weight excluding hydrogens is 389 g/mol. The Bertz CT molecular complexity index is 951. The fourth-order valence-corrected chi connectivity index (χ4v) is 3.36. The number of hydrogen-bond donors (Lipinski definition) is 2. The van der Waals surface area contributed by atoms with Gasteiger partial charge >= 0.3 is 0 Å². The second-order valence-corrected chi connectivity index (χ2v) is 7.42. The van der Waals surface area contributed by atoms with E-state index in [9.17, 15) is 19.8 Å². The molecular formula is C20H17Cl2NO4. The number of rotatable bonds is 4. The van der Waals surface area contributed by atoms with E-state index >= 15 is 0 Å². The maximum atomic E-state index is 12.8. The van der Waals surface area contributed by atoms with Crippen LogP contribution in [0.4, 0.5) is 5.69 Å². The fourth-order valence-electron chi connectivity index (χ4n) is 3.07.